The van der Waals surface area contributed by atoms with Crippen molar-refractivity contribution in [2.75, 3.05) is 33.9 Å². The molecule has 1 aromatic heterocycles. The van der Waals surface area contributed by atoms with Crippen LogP contribution < -0.4 is 15.4 Å². The molecular weight excluding hydrogens is 519 g/mol. The van der Waals surface area contributed by atoms with Gasteiger partial charge in [-0.15, -0.1) is 34.2 Å². The number of benzene rings is 1. The van der Waals surface area contributed by atoms with Crippen LogP contribution in [0.4, 0.5) is 0 Å². The van der Waals surface area contributed by atoms with Gasteiger partial charge in [0.1, 0.15) is 24.0 Å². The van der Waals surface area contributed by atoms with Crippen LogP contribution >= 0.6 is 24.0 Å². The third kappa shape index (κ3) is 7.91. The van der Waals surface area contributed by atoms with Crippen LogP contribution in [0.15, 0.2) is 23.2 Å². The van der Waals surface area contributed by atoms with Gasteiger partial charge in [0.15, 0.2) is 5.96 Å². The molecule has 0 atom stereocenters. The molecule has 0 spiro atoms. The Kier molecular flexibility index (Phi) is 11.8. The minimum atomic E-state index is 0. The van der Waals surface area contributed by atoms with Crippen molar-refractivity contribution in [2.24, 2.45) is 4.99 Å². The number of methoxy groups -OCH3 is 1. The predicted molar refractivity (Wildman–Crippen MR) is 138 cm³/mol. The molecule has 2 N–H and O–H groups in total. The lowest BCUT2D eigenvalue weighted by Gasteiger charge is -2.15. The fraction of sp³-hybridized carbons (Fsp3) is 0.609. The number of aromatic nitrogens is 3. The molecule has 178 valence electrons. The molecule has 2 aromatic rings. The molecule has 32 heavy (non-hydrogen) atoms. The molecule has 9 heteroatoms. The molecule has 3 rings (SSSR count). The third-order valence-electron chi connectivity index (χ3n) is 5.49. The van der Waals surface area contributed by atoms with Crippen molar-refractivity contribution in [3.63, 3.8) is 0 Å². The Morgan fingerprint density at radius 3 is 2.84 bits per heavy atom. The highest BCUT2D eigenvalue weighted by Crippen LogP contribution is 2.20. The summed E-state index contributed by atoms with van der Waals surface area (Å²) in [7, 11) is 3.47. The van der Waals surface area contributed by atoms with E-state index in [4.69, 9.17) is 9.47 Å². The molecule has 0 saturated heterocycles. The number of rotatable bonds is 10. The average Bonchev–Trinajstić information content (AvgIpc) is 3.00. The Morgan fingerprint density at radius 1 is 1.16 bits per heavy atom. The molecule has 0 bridgehead atoms. The SMILES string of the molecule is CN=C(NCCCc1nnc2n1CCCCC2)NCc1ccc(C)cc1OCCOC.I. The number of aliphatic imine (C=N–C) groups is 1. The average molecular weight is 556 g/mol. The van der Waals surface area contributed by atoms with E-state index in [0.717, 1.165) is 61.3 Å². The summed E-state index contributed by atoms with van der Waals surface area (Å²) in [6, 6.07) is 6.25. The van der Waals surface area contributed by atoms with Crippen LogP contribution in [0.3, 0.4) is 0 Å². The molecular formula is C23H37IN6O2. The molecule has 0 fully saturated rings. The first-order chi connectivity index (χ1) is 15.2. The lowest BCUT2D eigenvalue weighted by Crippen LogP contribution is -2.37. The number of ether oxygens (including phenoxy) is 2. The van der Waals surface area contributed by atoms with E-state index in [9.17, 15) is 0 Å². The number of nitrogens with one attached hydrogen (secondary N) is 2. The van der Waals surface area contributed by atoms with Crippen LogP contribution in [-0.2, 0) is 30.7 Å². The van der Waals surface area contributed by atoms with Gasteiger partial charge < -0.3 is 24.7 Å². The second-order valence-corrected chi connectivity index (χ2v) is 7.90. The van der Waals surface area contributed by atoms with Gasteiger partial charge >= 0.3 is 0 Å². The first-order valence-corrected chi connectivity index (χ1v) is 11.3. The van der Waals surface area contributed by atoms with Gasteiger partial charge in [-0.1, -0.05) is 18.6 Å². The fourth-order valence-electron chi connectivity index (χ4n) is 3.76. The first kappa shape index (κ1) is 26.4. The van der Waals surface area contributed by atoms with Gasteiger partial charge in [0.2, 0.25) is 0 Å². The summed E-state index contributed by atoms with van der Waals surface area (Å²) >= 11 is 0. The summed E-state index contributed by atoms with van der Waals surface area (Å²) in [6.07, 6.45) is 6.69. The Hall–Kier alpha value is -1.88. The second-order valence-electron chi connectivity index (χ2n) is 7.90. The van der Waals surface area contributed by atoms with E-state index in [0.29, 0.717) is 19.8 Å². The van der Waals surface area contributed by atoms with Gasteiger partial charge in [-0.05, 0) is 37.8 Å². The Morgan fingerprint density at radius 2 is 2.03 bits per heavy atom. The van der Waals surface area contributed by atoms with Crippen molar-refractivity contribution in [3.05, 3.63) is 41.0 Å². The maximum absolute atomic E-state index is 5.88. The standard InChI is InChI=1S/C23H36N6O2.HI/c1-18-10-11-19(20(16-18)31-15-14-30-3)17-26-23(24-2)25-12-7-9-22-28-27-21-8-5-4-6-13-29(21)22;/h10-11,16H,4-9,12-15,17H2,1-3H3,(H2,24,25,26);1H. The van der Waals surface area contributed by atoms with E-state index in [1.54, 1.807) is 14.2 Å². The minimum absolute atomic E-state index is 0. The number of hydrogen-bond acceptors (Lipinski definition) is 5. The largest absolute Gasteiger partial charge is 0.491 e. The number of fused-ring (bicyclic) bond motifs is 1. The zero-order chi connectivity index (χ0) is 21.9. The van der Waals surface area contributed by atoms with Gasteiger partial charge in [0, 0.05) is 52.2 Å². The molecule has 0 radical (unpaired) electrons. The van der Waals surface area contributed by atoms with E-state index in [1.165, 1.54) is 24.8 Å². The summed E-state index contributed by atoms with van der Waals surface area (Å²) in [5.74, 6) is 3.93. The number of halogens is 1. The molecule has 1 aliphatic rings. The lowest BCUT2D eigenvalue weighted by atomic mass is 10.1. The Bertz CT molecular complexity index is 855. The number of hydrogen-bond donors (Lipinski definition) is 2. The highest BCUT2D eigenvalue weighted by Gasteiger charge is 2.14. The van der Waals surface area contributed by atoms with Gasteiger partial charge in [-0.2, -0.15) is 0 Å². The number of aryl methyl sites for hydroxylation is 3. The highest BCUT2D eigenvalue weighted by molar-refractivity contribution is 14.0. The summed E-state index contributed by atoms with van der Waals surface area (Å²) in [6.45, 7) is 5.69. The van der Waals surface area contributed by atoms with Crippen LogP contribution in [0.1, 0.15) is 48.5 Å². The highest BCUT2D eigenvalue weighted by atomic mass is 127. The summed E-state index contributed by atoms with van der Waals surface area (Å²) in [4.78, 5) is 4.34. The van der Waals surface area contributed by atoms with Crippen molar-refractivity contribution in [1.29, 1.82) is 0 Å². The van der Waals surface area contributed by atoms with Crippen LogP contribution in [0, 0.1) is 6.92 Å². The van der Waals surface area contributed by atoms with E-state index in [2.05, 4.69) is 55.5 Å². The zero-order valence-corrected chi connectivity index (χ0v) is 21.9. The van der Waals surface area contributed by atoms with Crippen molar-refractivity contribution in [3.8, 4) is 5.75 Å². The first-order valence-electron chi connectivity index (χ1n) is 11.3. The molecule has 1 aliphatic heterocycles. The van der Waals surface area contributed by atoms with Gasteiger partial charge in [-0.3, -0.25) is 4.99 Å². The van der Waals surface area contributed by atoms with E-state index < -0.39 is 0 Å². The topological polar surface area (TPSA) is 85.6 Å². The summed E-state index contributed by atoms with van der Waals surface area (Å²) < 4.78 is 13.3. The molecule has 8 nitrogen and oxygen atoms in total. The lowest BCUT2D eigenvalue weighted by molar-refractivity contribution is 0.145. The second kappa shape index (κ2) is 14.3. The van der Waals surface area contributed by atoms with E-state index >= 15 is 0 Å². The monoisotopic (exact) mass is 556 g/mol. The quantitative estimate of drug-likeness (QED) is 0.202. The molecule has 0 aliphatic carbocycles. The van der Waals surface area contributed by atoms with Crippen LogP contribution in [-0.4, -0.2) is 54.6 Å². The van der Waals surface area contributed by atoms with Crippen molar-refractivity contribution in [2.45, 2.75) is 58.5 Å². The smallest absolute Gasteiger partial charge is 0.191 e. The van der Waals surface area contributed by atoms with Gasteiger partial charge in [-0.25, -0.2) is 0 Å². The van der Waals surface area contributed by atoms with Crippen LogP contribution in [0.2, 0.25) is 0 Å². The molecule has 0 saturated carbocycles. The fourth-order valence-corrected chi connectivity index (χ4v) is 3.76. The minimum Gasteiger partial charge on any atom is -0.491 e. The number of guanidine groups is 1. The molecule has 0 unspecified atom stereocenters. The van der Waals surface area contributed by atoms with Gasteiger partial charge in [0.05, 0.1) is 6.61 Å². The van der Waals surface area contributed by atoms with Gasteiger partial charge in [0.25, 0.3) is 0 Å². The predicted octanol–water partition coefficient (Wildman–Crippen LogP) is 3.25. The molecule has 2 heterocycles. The van der Waals surface area contributed by atoms with E-state index in [-0.39, 0.29) is 24.0 Å². The number of nitrogens with zero attached hydrogens (tertiary/aromatic N) is 4. The van der Waals surface area contributed by atoms with Crippen molar-refractivity contribution in [1.82, 2.24) is 25.4 Å². The molecule has 0 amide bonds. The Balaban J connectivity index is 0.00000363. The third-order valence-corrected chi connectivity index (χ3v) is 5.49. The van der Waals surface area contributed by atoms with Crippen molar-refractivity contribution >= 4 is 29.9 Å². The summed E-state index contributed by atoms with van der Waals surface area (Å²) in [5.41, 5.74) is 2.26. The summed E-state index contributed by atoms with van der Waals surface area (Å²) in [5, 5.41) is 15.6. The van der Waals surface area contributed by atoms with Crippen molar-refractivity contribution < 1.29 is 9.47 Å². The normalized spacial score (nSPS) is 13.7. The van der Waals surface area contributed by atoms with E-state index in [1.807, 2.05) is 0 Å². The van der Waals surface area contributed by atoms with Crippen LogP contribution in [0.5, 0.6) is 5.75 Å². The maximum Gasteiger partial charge on any atom is 0.191 e. The molecule has 1 aromatic carbocycles. The maximum atomic E-state index is 5.88. The Labute approximate surface area is 208 Å². The zero-order valence-electron chi connectivity index (χ0n) is 19.5. The van der Waals surface area contributed by atoms with Crippen LogP contribution in [0.25, 0.3) is 0 Å².